The van der Waals surface area contributed by atoms with Gasteiger partial charge in [-0.2, -0.15) is 0 Å². The summed E-state index contributed by atoms with van der Waals surface area (Å²) < 4.78 is 7.21. The van der Waals surface area contributed by atoms with Gasteiger partial charge < -0.3 is 9.33 Å². The number of carbonyl (C=O) groups is 1. The van der Waals surface area contributed by atoms with Crippen molar-refractivity contribution in [2.75, 3.05) is 18.0 Å². The second kappa shape index (κ2) is 9.40. The van der Waals surface area contributed by atoms with Crippen LogP contribution < -0.4 is 15.3 Å². The SMILES string of the molecule is CC(C)(C)[Si](OC1CN(c2nc(C(=O)C3CCCC3)cs2)C1)(c1ccccc1)c1ccccc1. The highest BCUT2D eigenvalue weighted by atomic mass is 32.1. The maximum absolute atomic E-state index is 12.8. The van der Waals surface area contributed by atoms with E-state index in [1.165, 1.54) is 23.2 Å². The van der Waals surface area contributed by atoms with E-state index in [1.54, 1.807) is 11.3 Å². The third kappa shape index (κ3) is 4.27. The van der Waals surface area contributed by atoms with Gasteiger partial charge in [-0.3, -0.25) is 4.79 Å². The minimum absolute atomic E-state index is 0.0296. The van der Waals surface area contributed by atoms with Gasteiger partial charge in [0.15, 0.2) is 10.9 Å². The van der Waals surface area contributed by atoms with Crippen LogP contribution in [0.2, 0.25) is 5.04 Å². The molecule has 0 spiro atoms. The lowest BCUT2D eigenvalue weighted by atomic mass is 10.0. The number of hydrogen-bond acceptors (Lipinski definition) is 5. The average molecular weight is 491 g/mol. The Bertz CT molecular complexity index is 1070. The number of nitrogens with zero attached hydrogens (tertiary/aromatic N) is 2. The molecular formula is C28H34N2O2SSi. The standard InChI is InChI=1S/C28H34N2O2SSi/c1-28(2,3)34(23-14-6-4-7-15-23,24-16-8-5-9-17-24)32-22-18-30(19-22)27-29-25(20-33-27)26(31)21-12-10-11-13-21/h4-9,14-17,20-22H,10-13,18-19H2,1-3H3. The molecule has 2 fully saturated rings. The number of Topliss-reactive ketones (excluding diaryl/α,β-unsaturated/α-hetero) is 1. The smallest absolute Gasteiger partial charge is 0.261 e. The zero-order valence-corrected chi connectivity index (χ0v) is 22.2. The number of ketones is 1. The topological polar surface area (TPSA) is 42.4 Å². The van der Waals surface area contributed by atoms with Gasteiger partial charge in [0, 0.05) is 24.4 Å². The minimum Gasteiger partial charge on any atom is -0.401 e. The highest BCUT2D eigenvalue weighted by Gasteiger charge is 2.52. The van der Waals surface area contributed by atoms with E-state index in [0.29, 0.717) is 5.69 Å². The van der Waals surface area contributed by atoms with E-state index in [-0.39, 0.29) is 22.8 Å². The maximum Gasteiger partial charge on any atom is 0.261 e. The van der Waals surface area contributed by atoms with Crippen LogP contribution in [0.4, 0.5) is 5.13 Å². The fraction of sp³-hybridized carbons (Fsp3) is 0.429. The lowest BCUT2D eigenvalue weighted by molar-refractivity contribution is 0.0918. The molecule has 0 unspecified atom stereocenters. The summed E-state index contributed by atoms with van der Waals surface area (Å²) in [6.45, 7) is 8.58. The summed E-state index contributed by atoms with van der Waals surface area (Å²) in [5, 5.41) is 5.49. The fourth-order valence-corrected chi connectivity index (χ4v) is 11.0. The van der Waals surface area contributed by atoms with E-state index in [1.807, 2.05) is 5.38 Å². The monoisotopic (exact) mass is 490 g/mol. The molecule has 0 amide bonds. The Morgan fingerprint density at radius 3 is 2.06 bits per heavy atom. The van der Waals surface area contributed by atoms with Crippen LogP contribution in [0.1, 0.15) is 56.9 Å². The number of rotatable bonds is 7. The van der Waals surface area contributed by atoms with Crippen molar-refractivity contribution in [3.05, 3.63) is 71.7 Å². The Morgan fingerprint density at radius 1 is 0.971 bits per heavy atom. The van der Waals surface area contributed by atoms with Crippen molar-refractivity contribution in [1.82, 2.24) is 4.98 Å². The first-order valence-electron chi connectivity index (χ1n) is 12.4. The first-order chi connectivity index (χ1) is 16.4. The first-order valence-corrected chi connectivity index (χ1v) is 15.2. The number of hydrogen-bond donors (Lipinski definition) is 0. The summed E-state index contributed by atoms with van der Waals surface area (Å²) >= 11 is 1.59. The van der Waals surface area contributed by atoms with Gasteiger partial charge in [0.1, 0.15) is 5.69 Å². The van der Waals surface area contributed by atoms with Crippen molar-refractivity contribution in [3.8, 4) is 0 Å². The van der Waals surface area contributed by atoms with Crippen LogP contribution in [-0.4, -0.2) is 38.3 Å². The van der Waals surface area contributed by atoms with Crippen LogP contribution in [0, 0.1) is 5.92 Å². The third-order valence-corrected chi connectivity index (χ3v) is 13.3. The van der Waals surface area contributed by atoms with E-state index < -0.39 is 8.32 Å². The molecule has 178 valence electrons. The van der Waals surface area contributed by atoms with E-state index in [0.717, 1.165) is 31.1 Å². The van der Waals surface area contributed by atoms with Crippen LogP contribution in [0.3, 0.4) is 0 Å². The predicted molar refractivity (Wildman–Crippen MR) is 143 cm³/mol. The van der Waals surface area contributed by atoms with Crippen molar-refractivity contribution in [2.45, 2.75) is 57.6 Å². The van der Waals surface area contributed by atoms with E-state index in [2.05, 4.69) is 86.3 Å². The molecule has 0 radical (unpaired) electrons. The molecule has 1 aliphatic carbocycles. The maximum atomic E-state index is 12.8. The van der Waals surface area contributed by atoms with Crippen molar-refractivity contribution in [3.63, 3.8) is 0 Å². The van der Waals surface area contributed by atoms with Gasteiger partial charge in [0.25, 0.3) is 8.32 Å². The van der Waals surface area contributed by atoms with Gasteiger partial charge in [0.05, 0.1) is 6.10 Å². The van der Waals surface area contributed by atoms with E-state index in [4.69, 9.17) is 9.41 Å². The molecule has 2 aromatic carbocycles. The predicted octanol–water partition coefficient (Wildman–Crippen LogP) is 5.28. The Hall–Kier alpha value is -2.28. The molecule has 0 bridgehead atoms. The summed E-state index contributed by atoms with van der Waals surface area (Å²) in [7, 11) is -2.54. The van der Waals surface area contributed by atoms with Gasteiger partial charge >= 0.3 is 0 Å². The van der Waals surface area contributed by atoms with Crippen LogP contribution in [0.5, 0.6) is 0 Å². The Kier molecular flexibility index (Phi) is 6.49. The quantitative estimate of drug-likeness (QED) is 0.334. The molecule has 2 aliphatic rings. The molecule has 0 atom stereocenters. The second-order valence-electron chi connectivity index (χ2n) is 10.7. The number of benzene rings is 2. The molecule has 4 nitrogen and oxygen atoms in total. The zero-order chi connectivity index (χ0) is 23.8. The third-order valence-electron chi connectivity index (χ3n) is 7.35. The number of aromatic nitrogens is 1. The molecule has 1 saturated carbocycles. The lowest BCUT2D eigenvalue weighted by Crippen LogP contribution is -2.70. The highest BCUT2D eigenvalue weighted by molar-refractivity contribution is 7.14. The molecular weight excluding hydrogens is 456 g/mol. The van der Waals surface area contributed by atoms with Crippen LogP contribution >= 0.6 is 11.3 Å². The summed E-state index contributed by atoms with van der Waals surface area (Å²) in [6.07, 6.45) is 4.51. The lowest BCUT2D eigenvalue weighted by Gasteiger charge is -2.49. The zero-order valence-electron chi connectivity index (χ0n) is 20.4. The second-order valence-corrected chi connectivity index (χ2v) is 15.8. The summed E-state index contributed by atoms with van der Waals surface area (Å²) in [4.78, 5) is 19.8. The van der Waals surface area contributed by atoms with Crippen molar-refractivity contribution in [2.24, 2.45) is 5.92 Å². The molecule has 0 N–H and O–H groups in total. The van der Waals surface area contributed by atoms with Gasteiger partial charge in [-0.15, -0.1) is 11.3 Å². The number of thiazole rings is 1. The largest absolute Gasteiger partial charge is 0.401 e. The van der Waals surface area contributed by atoms with Crippen LogP contribution in [0.15, 0.2) is 66.0 Å². The molecule has 34 heavy (non-hydrogen) atoms. The minimum atomic E-state index is -2.54. The van der Waals surface area contributed by atoms with E-state index in [9.17, 15) is 4.79 Å². The molecule has 5 rings (SSSR count). The first kappa shape index (κ1) is 23.5. The summed E-state index contributed by atoms with van der Waals surface area (Å²) in [5.74, 6) is 0.415. The number of anilines is 1. The van der Waals surface area contributed by atoms with Crippen molar-refractivity contribution in [1.29, 1.82) is 0 Å². The Labute approximate surface area is 208 Å². The van der Waals surface area contributed by atoms with Crippen molar-refractivity contribution < 1.29 is 9.22 Å². The highest BCUT2D eigenvalue weighted by Crippen LogP contribution is 2.39. The fourth-order valence-electron chi connectivity index (χ4n) is 5.53. The van der Waals surface area contributed by atoms with Gasteiger partial charge in [-0.1, -0.05) is 94.3 Å². The van der Waals surface area contributed by atoms with Crippen LogP contribution in [-0.2, 0) is 4.43 Å². The van der Waals surface area contributed by atoms with Crippen molar-refractivity contribution >= 4 is 40.9 Å². The molecule has 6 heteroatoms. The number of carbonyl (C=O) groups excluding carboxylic acids is 1. The summed E-state index contributed by atoms with van der Waals surface area (Å²) in [6, 6.07) is 21.6. The molecule has 2 heterocycles. The van der Waals surface area contributed by atoms with Gasteiger partial charge in [-0.05, 0) is 28.3 Å². The Balaban J connectivity index is 1.36. The molecule has 1 aliphatic heterocycles. The molecule has 3 aromatic rings. The normalized spacial score (nSPS) is 17.7. The molecule has 1 aromatic heterocycles. The van der Waals surface area contributed by atoms with Gasteiger partial charge in [0.2, 0.25) is 0 Å². The summed E-state index contributed by atoms with van der Waals surface area (Å²) in [5.41, 5.74) is 0.656. The van der Waals surface area contributed by atoms with E-state index >= 15 is 0 Å². The van der Waals surface area contributed by atoms with Crippen LogP contribution in [0.25, 0.3) is 0 Å². The Morgan fingerprint density at radius 2 is 1.53 bits per heavy atom. The average Bonchev–Trinajstić information content (AvgIpc) is 3.51. The van der Waals surface area contributed by atoms with Gasteiger partial charge in [-0.25, -0.2) is 4.98 Å². The molecule has 1 saturated heterocycles.